The fourth-order valence-electron chi connectivity index (χ4n) is 5.59. The van der Waals surface area contributed by atoms with Crippen LogP contribution in [0.1, 0.15) is 47.9 Å². The van der Waals surface area contributed by atoms with E-state index in [0.717, 1.165) is 29.4 Å². The van der Waals surface area contributed by atoms with Crippen molar-refractivity contribution in [3.63, 3.8) is 0 Å². The lowest BCUT2D eigenvalue weighted by atomic mass is 9.92. The van der Waals surface area contributed by atoms with E-state index in [9.17, 15) is 14.7 Å². The van der Waals surface area contributed by atoms with Crippen LogP contribution in [0.4, 0.5) is 5.69 Å². The minimum atomic E-state index is -1.14. The van der Waals surface area contributed by atoms with E-state index in [1.165, 1.54) is 5.56 Å². The number of likely N-dealkylation sites (tertiary alicyclic amines) is 1. The number of para-hydroxylation sites is 1. The number of carboxylic acid groups (broad SMARTS) is 1. The van der Waals surface area contributed by atoms with Crippen LogP contribution in [0.15, 0.2) is 113 Å². The largest absolute Gasteiger partial charge is 0.480 e. The lowest BCUT2D eigenvalue weighted by Crippen LogP contribution is -2.39. The first kappa shape index (κ1) is 30.7. The van der Waals surface area contributed by atoms with Crippen LogP contribution < -0.4 is 5.32 Å². The van der Waals surface area contributed by atoms with Gasteiger partial charge in [-0.1, -0.05) is 113 Å². The van der Waals surface area contributed by atoms with Gasteiger partial charge in [-0.2, -0.15) is 0 Å². The number of carbonyl (C=O) groups excluding carboxylic acids is 1. The number of benzene rings is 4. The molecular formula is C35H33BrClN3O3. The van der Waals surface area contributed by atoms with Crippen molar-refractivity contribution in [1.29, 1.82) is 0 Å². The SMILES string of the molecule is CC(c1cc(Br)ccc1Cl)[C@H](/N=C(\c1ccccc1)c1ccccc1NC(=O)[C@@H]1CCCN1Cc1ccccc1)C(=O)O. The fraction of sp³-hybridized carbons (Fsp3) is 0.229. The molecule has 0 aliphatic carbocycles. The van der Waals surface area contributed by atoms with Crippen molar-refractivity contribution in [2.45, 2.75) is 44.3 Å². The Labute approximate surface area is 265 Å². The van der Waals surface area contributed by atoms with Crippen molar-refractivity contribution in [2.75, 3.05) is 11.9 Å². The summed E-state index contributed by atoms with van der Waals surface area (Å²) in [6.07, 6.45) is 1.71. The second kappa shape index (κ2) is 14.1. The fourth-order valence-corrected chi connectivity index (χ4v) is 6.26. The Bertz CT molecular complexity index is 1610. The maximum atomic E-state index is 13.7. The van der Waals surface area contributed by atoms with E-state index in [1.54, 1.807) is 6.07 Å². The highest BCUT2D eigenvalue weighted by atomic mass is 79.9. The van der Waals surface area contributed by atoms with Crippen LogP contribution in [0.2, 0.25) is 5.02 Å². The zero-order chi connectivity index (χ0) is 30.3. The molecular weight excluding hydrogens is 626 g/mol. The normalized spacial score (nSPS) is 16.9. The minimum Gasteiger partial charge on any atom is -0.480 e. The number of amides is 1. The maximum Gasteiger partial charge on any atom is 0.329 e. The first-order valence-electron chi connectivity index (χ1n) is 14.3. The van der Waals surface area contributed by atoms with Gasteiger partial charge in [-0.25, -0.2) is 4.79 Å². The summed E-state index contributed by atoms with van der Waals surface area (Å²) in [5.41, 5.74) is 4.30. The number of rotatable bonds is 10. The van der Waals surface area contributed by atoms with E-state index in [1.807, 2.05) is 91.9 Å². The van der Waals surface area contributed by atoms with Crippen LogP contribution in [0.3, 0.4) is 0 Å². The van der Waals surface area contributed by atoms with Gasteiger partial charge in [-0.3, -0.25) is 14.7 Å². The predicted octanol–water partition coefficient (Wildman–Crippen LogP) is 7.80. The molecule has 43 heavy (non-hydrogen) atoms. The number of anilines is 1. The van der Waals surface area contributed by atoms with Gasteiger partial charge in [0.2, 0.25) is 5.91 Å². The smallest absolute Gasteiger partial charge is 0.329 e. The Morgan fingerprint density at radius 2 is 1.67 bits per heavy atom. The van der Waals surface area contributed by atoms with E-state index >= 15 is 0 Å². The van der Waals surface area contributed by atoms with E-state index in [-0.39, 0.29) is 11.9 Å². The average molecular weight is 659 g/mol. The van der Waals surface area contributed by atoms with E-state index in [0.29, 0.717) is 34.1 Å². The lowest BCUT2D eigenvalue weighted by molar-refractivity contribution is -0.138. The number of aliphatic imine (C=N–C) groups is 1. The monoisotopic (exact) mass is 657 g/mol. The highest BCUT2D eigenvalue weighted by Crippen LogP contribution is 2.32. The molecule has 0 aromatic heterocycles. The van der Waals surface area contributed by atoms with Crippen molar-refractivity contribution in [3.05, 3.63) is 135 Å². The molecule has 1 amide bonds. The van der Waals surface area contributed by atoms with Crippen LogP contribution in [0, 0.1) is 0 Å². The molecule has 3 atom stereocenters. The average Bonchev–Trinajstić information content (AvgIpc) is 3.48. The molecule has 1 unspecified atom stereocenters. The first-order chi connectivity index (χ1) is 20.8. The summed E-state index contributed by atoms with van der Waals surface area (Å²) in [4.78, 5) is 33.5. The third-order valence-corrected chi connectivity index (χ3v) is 8.66. The van der Waals surface area contributed by atoms with Crippen molar-refractivity contribution in [3.8, 4) is 0 Å². The molecule has 1 aliphatic rings. The van der Waals surface area contributed by atoms with Gasteiger partial charge in [0.1, 0.15) is 0 Å². The molecule has 6 nitrogen and oxygen atoms in total. The number of nitrogens with one attached hydrogen (secondary N) is 1. The molecule has 0 bridgehead atoms. The molecule has 0 saturated carbocycles. The second-order valence-corrected chi connectivity index (χ2v) is 12.1. The maximum absolute atomic E-state index is 13.7. The molecule has 8 heteroatoms. The van der Waals surface area contributed by atoms with E-state index < -0.39 is 17.9 Å². The molecule has 5 rings (SSSR count). The quantitative estimate of drug-likeness (QED) is 0.170. The highest BCUT2D eigenvalue weighted by Gasteiger charge is 2.32. The number of nitrogens with zero attached hydrogens (tertiary/aromatic N) is 2. The highest BCUT2D eigenvalue weighted by molar-refractivity contribution is 9.10. The number of hydrogen-bond acceptors (Lipinski definition) is 4. The summed E-state index contributed by atoms with van der Waals surface area (Å²) in [7, 11) is 0. The van der Waals surface area contributed by atoms with Crippen molar-refractivity contribution < 1.29 is 14.7 Å². The van der Waals surface area contributed by atoms with Crippen molar-refractivity contribution in [1.82, 2.24) is 4.90 Å². The molecule has 2 N–H and O–H groups in total. The molecule has 4 aromatic carbocycles. The molecule has 4 aromatic rings. The summed E-state index contributed by atoms with van der Waals surface area (Å²) in [6.45, 7) is 3.36. The lowest BCUT2D eigenvalue weighted by Gasteiger charge is -2.25. The summed E-state index contributed by atoms with van der Waals surface area (Å²) >= 11 is 9.98. The van der Waals surface area contributed by atoms with Gasteiger partial charge in [0.05, 0.1) is 17.4 Å². The zero-order valence-electron chi connectivity index (χ0n) is 23.8. The first-order valence-corrected chi connectivity index (χ1v) is 15.5. The van der Waals surface area contributed by atoms with Crippen molar-refractivity contribution >= 4 is 50.8 Å². The third kappa shape index (κ3) is 7.42. The Morgan fingerprint density at radius 3 is 2.40 bits per heavy atom. The van der Waals surface area contributed by atoms with Crippen LogP contribution in [0.25, 0.3) is 0 Å². The van der Waals surface area contributed by atoms with Crippen LogP contribution in [-0.2, 0) is 16.1 Å². The number of aliphatic carboxylic acids is 1. The molecule has 0 spiro atoms. The topological polar surface area (TPSA) is 82.0 Å². The molecule has 220 valence electrons. The number of halogens is 2. The number of hydrogen-bond donors (Lipinski definition) is 2. The summed E-state index contributed by atoms with van der Waals surface area (Å²) in [5.74, 6) is -1.69. The van der Waals surface area contributed by atoms with Crippen molar-refractivity contribution in [2.24, 2.45) is 4.99 Å². The zero-order valence-corrected chi connectivity index (χ0v) is 26.1. The summed E-state index contributed by atoms with van der Waals surface area (Å²) < 4.78 is 0.802. The summed E-state index contributed by atoms with van der Waals surface area (Å²) in [6, 6.07) is 31.0. The minimum absolute atomic E-state index is 0.0858. The van der Waals surface area contributed by atoms with E-state index in [4.69, 9.17) is 16.6 Å². The van der Waals surface area contributed by atoms with Gasteiger partial charge >= 0.3 is 5.97 Å². The molecule has 1 saturated heterocycles. The van der Waals surface area contributed by atoms with Gasteiger partial charge in [-0.15, -0.1) is 0 Å². The Kier molecular flexibility index (Phi) is 10.1. The standard InChI is InChI=1S/C35H33BrClN3O3/c1-23(28-21-26(36)18-19-29(28)37)32(35(42)43)39-33(25-13-6-3-7-14-25)27-15-8-9-16-30(27)38-34(41)31-17-10-20-40(31)22-24-11-4-2-5-12-24/h2-9,11-16,18-19,21,23,31-32H,10,17,20,22H2,1H3,(H,38,41)(H,42,43)/b39-33+/t23?,31-,32-/m0/s1. The molecule has 1 fully saturated rings. The van der Waals surface area contributed by atoms with Gasteiger partial charge in [0.15, 0.2) is 6.04 Å². The van der Waals surface area contributed by atoms with Gasteiger partial charge in [0, 0.05) is 33.1 Å². The third-order valence-electron chi connectivity index (χ3n) is 7.83. The van der Waals surface area contributed by atoms with E-state index in [2.05, 4.69) is 38.3 Å². The van der Waals surface area contributed by atoms with Crippen LogP contribution >= 0.6 is 27.5 Å². The Hall–Kier alpha value is -3.78. The molecule has 0 radical (unpaired) electrons. The van der Waals surface area contributed by atoms with Gasteiger partial charge < -0.3 is 10.4 Å². The predicted molar refractivity (Wildman–Crippen MR) is 176 cm³/mol. The van der Waals surface area contributed by atoms with Crippen LogP contribution in [-0.4, -0.2) is 46.2 Å². The molecule has 1 aliphatic heterocycles. The number of carbonyl (C=O) groups is 2. The Balaban J connectivity index is 1.50. The Morgan fingerprint density at radius 1 is 1.00 bits per heavy atom. The van der Waals surface area contributed by atoms with Gasteiger partial charge in [0.25, 0.3) is 0 Å². The number of carboxylic acids is 1. The van der Waals surface area contributed by atoms with Gasteiger partial charge in [-0.05, 0) is 54.8 Å². The van der Waals surface area contributed by atoms with Crippen LogP contribution in [0.5, 0.6) is 0 Å². The second-order valence-electron chi connectivity index (χ2n) is 10.7. The molecule has 1 heterocycles. The summed E-state index contributed by atoms with van der Waals surface area (Å²) in [5, 5.41) is 14.0.